The summed E-state index contributed by atoms with van der Waals surface area (Å²) in [6.07, 6.45) is -3.97. The van der Waals surface area contributed by atoms with E-state index in [9.17, 15) is 94.7 Å². The van der Waals surface area contributed by atoms with Crippen LogP contribution in [0, 0.1) is 26.3 Å². The third-order valence-electron chi connectivity index (χ3n) is 17.0. The van der Waals surface area contributed by atoms with Crippen molar-refractivity contribution in [1.29, 1.82) is 0 Å². The number of primary amides is 4. The number of urea groups is 1. The molecular formula is C61H84ClF12N25O11S. The minimum atomic E-state index is -6.15. The molecule has 0 atom stereocenters. The summed E-state index contributed by atoms with van der Waals surface area (Å²) in [5.41, 5.74) is 29.6. The van der Waals surface area contributed by atoms with Crippen LogP contribution in [-0.2, 0) is 46.0 Å². The minimum Gasteiger partial charge on any atom is -0.444 e. The van der Waals surface area contributed by atoms with Crippen molar-refractivity contribution in [2.24, 2.45) is 22.9 Å². The average Bonchev–Trinajstić information content (AvgIpc) is 1.71. The number of hydrogen-bond acceptors (Lipinski definition) is 21. The van der Waals surface area contributed by atoms with Gasteiger partial charge in [0, 0.05) is 71.3 Å². The van der Waals surface area contributed by atoms with Crippen LogP contribution in [0.2, 0.25) is 0 Å². The Labute approximate surface area is 632 Å². The predicted molar refractivity (Wildman–Crippen MR) is 373 cm³/mol. The summed E-state index contributed by atoms with van der Waals surface area (Å²) < 4.78 is 177. The van der Waals surface area contributed by atoms with Gasteiger partial charge in [-0.3, -0.25) is 56.7 Å². The topological polar surface area (TPSA) is 489 Å². The number of halogens is 13. The number of piperidine rings is 4. The Bertz CT molecular complexity index is 4150. The molecule has 36 nitrogen and oxygen atoms in total. The first-order valence-electron chi connectivity index (χ1n) is 32.8. The molecule has 4 saturated heterocycles. The molecule has 8 rings (SSSR count). The number of nitrogens with two attached hydrogens (primary N) is 7. The lowest BCUT2D eigenvalue weighted by Crippen LogP contribution is -2.50. The van der Waals surface area contributed by atoms with Gasteiger partial charge in [0.05, 0.1) is 42.0 Å². The first kappa shape index (κ1) is 94.7. The number of ether oxygens (including phenoxy) is 1. The Morgan fingerprint density at radius 3 is 1.11 bits per heavy atom. The Kier molecular flexibility index (Phi) is 33.7. The van der Waals surface area contributed by atoms with Gasteiger partial charge < -0.3 is 85.1 Å². The molecule has 4 fully saturated rings. The summed E-state index contributed by atoms with van der Waals surface area (Å²) in [6.45, 7) is 35.0. The maximum Gasteiger partial charge on any atom is 0.523 e. The summed E-state index contributed by atoms with van der Waals surface area (Å²) in [7, 11) is -4.76. The lowest BCUT2D eigenvalue weighted by Gasteiger charge is -2.39. The van der Waals surface area contributed by atoms with E-state index in [2.05, 4.69) is 59.9 Å². The van der Waals surface area contributed by atoms with Crippen LogP contribution in [0.4, 0.5) is 85.0 Å². The van der Waals surface area contributed by atoms with E-state index in [4.69, 9.17) is 82.8 Å². The Morgan fingerprint density at radius 2 is 0.847 bits per heavy atom. The fourth-order valence-electron chi connectivity index (χ4n) is 11.3. The van der Waals surface area contributed by atoms with Crippen LogP contribution in [0.3, 0.4) is 0 Å². The molecule has 0 radical (unpaired) electrons. The fourth-order valence-corrected chi connectivity index (χ4v) is 11.7. The molecule has 4 aromatic rings. The highest BCUT2D eigenvalue weighted by molar-refractivity contribution is 7.87. The van der Waals surface area contributed by atoms with Crippen molar-refractivity contribution in [3.63, 3.8) is 0 Å². The quantitative estimate of drug-likeness (QED) is 0.0201. The highest BCUT2D eigenvalue weighted by Gasteiger charge is 2.50. The molecule has 0 aliphatic carbocycles. The number of rotatable bonds is 18. The second-order valence-corrected chi connectivity index (χ2v) is 28.3. The summed E-state index contributed by atoms with van der Waals surface area (Å²) >= 11 is 4.82. The molecular weight excluding hydrogens is 1550 g/mol. The number of anilines is 4. The molecule has 0 unspecified atom stereocenters. The monoisotopic (exact) mass is 1640 g/mol. The van der Waals surface area contributed by atoms with Crippen molar-refractivity contribution >= 4 is 85.5 Å². The number of alkyl halides is 12. The largest absolute Gasteiger partial charge is 0.523 e. The van der Waals surface area contributed by atoms with Crippen LogP contribution in [0.1, 0.15) is 127 Å². The van der Waals surface area contributed by atoms with Crippen LogP contribution >= 0.6 is 11.6 Å². The SMILES string of the molecule is CCC(=O)Cl.O=S(=O)(OCC(F)(F)F)C(F)(F)F.[C-]#[N+]CC1(n2cc(N)c(C(N)=O)n2)CCN(C(=O)OC(C)(C)C)CC1.[C-]#[N+]CC1(n2cc(N)c(C(N)=O)n2)CCN(CC(F)(F)F)CC1.[C-]#[N+]CC1(n2cc(N)c(C(N)=O)n2)CCNCC1.[C-]#[N+]CC1(n2cc(NC(=O)NC)c(C(N)=O)n2)CCN(CC(F)(F)F)CC1. The number of amides is 7. The van der Waals surface area contributed by atoms with E-state index in [1.807, 2.05) is 20.8 Å². The highest BCUT2D eigenvalue weighted by atomic mass is 35.5. The molecule has 4 aromatic heterocycles. The van der Waals surface area contributed by atoms with E-state index in [0.29, 0.717) is 51.7 Å². The summed E-state index contributed by atoms with van der Waals surface area (Å²) in [5, 5.41) is 24.3. The van der Waals surface area contributed by atoms with Gasteiger partial charge in [0.1, 0.15) is 27.8 Å². The van der Waals surface area contributed by atoms with Crippen molar-refractivity contribution in [3.05, 3.63) is 93.2 Å². The van der Waals surface area contributed by atoms with Gasteiger partial charge in [-0.25, -0.2) is 35.9 Å². The molecule has 0 saturated carbocycles. The van der Waals surface area contributed by atoms with Crippen molar-refractivity contribution in [2.45, 2.75) is 137 Å². The lowest BCUT2D eigenvalue weighted by molar-refractivity contribution is -0.156. The van der Waals surface area contributed by atoms with Crippen LogP contribution in [0.25, 0.3) is 19.4 Å². The molecule has 0 aromatic carbocycles. The molecule has 8 heterocycles. The summed E-state index contributed by atoms with van der Waals surface area (Å²) in [6, 6.07) is -0.587. The third kappa shape index (κ3) is 28.4. The Balaban J connectivity index is 0.000000360. The molecule has 111 heavy (non-hydrogen) atoms. The van der Waals surface area contributed by atoms with Gasteiger partial charge in [-0.15, -0.1) is 0 Å². The molecule has 50 heteroatoms. The van der Waals surface area contributed by atoms with Gasteiger partial charge in [0.25, 0.3) is 23.6 Å². The molecule has 4 aliphatic heterocycles. The zero-order valence-electron chi connectivity index (χ0n) is 60.3. The normalized spacial score (nSPS) is 16.8. The lowest BCUT2D eigenvalue weighted by atomic mass is 9.87. The van der Waals surface area contributed by atoms with E-state index in [1.165, 1.54) is 44.8 Å². The molecule has 0 bridgehead atoms. The van der Waals surface area contributed by atoms with E-state index >= 15 is 0 Å². The number of nitrogens with one attached hydrogen (secondary N) is 3. The highest BCUT2D eigenvalue weighted by Crippen LogP contribution is 2.38. The van der Waals surface area contributed by atoms with Crippen LogP contribution in [0.5, 0.6) is 0 Å². The van der Waals surface area contributed by atoms with Crippen molar-refractivity contribution in [1.82, 2.24) is 64.5 Å². The smallest absolute Gasteiger partial charge is 0.444 e. The number of likely N-dealkylation sites (tertiary alicyclic amines) is 3. The van der Waals surface area contributed by atoms with Crippen LogP contribution < -0.4 is 56.1 Å². The number of nitrogen functional groups attached to an aromatic ring is 3. The number of carbonyl (C=O) groups excluding carboxylic acids is 7. The maximum absolute atomic E-state index is 12.6. The third-order valence-corrected chi connectivity index (χ3v) is 18.2. The average molecular weight is 1640 g/mol. The van der Waals surface area contributed by atoms with E-state index in [-0.39, 0.29) is 121 Å². The van der Waals surface area contributed by atoms with Gasteiger partial charge in [-0.05, 0) is 96.8 Å². The summed E-state index contributed by atoms with van der Waals surface area (Å²) in [5.74, 6) is -3.00. The van der Waals surface area contributed by atoms with Crippen molar-refractivity contribution < 1.29 is 104 Å². The van der Waals surface area contributed by atoms with Crippen LogP contribution in [0.15, 0.2) is 24.8 Å². The fraction of sp³-hybridized carbons (Fsp3) is 0.623. The first-order valence-corrected chi connectivity index (χ1v) is 34.6. The van der Waals surface area contributed by atoms with E-state index < -0.39 is 106 Å². The van der Waals surface area contributed by atoms with Gasteiger partial charge >= 0.3 is 46.3 Å². The Hall–Kier alpha value is -10.5. The molecule has 7 amide bonds. The first-order chi connectivity index (χ1) is 51.2. The van der Waals surface area contributed by atoms with Gasteiger partial charge in [-0.2, -0.15) is 81.5 Å². The van der Waals surface area contributed by atoms with Crippen LogP contribution in [-0.4, -0.2) is 238 Å². The standard InChI is InChI=1S/C16H24N6O3.C15H20F3N7O2.C13H17F3N6O.C11H16N6O.C3H5ClO.C3H2F6O3S/c1-15(2,3)25-14(24)21-7-5-16(6-8-21,10-19-4)22-9-11(17)12(20-22)13(18)23;1-20-8-14(3-5-24(6-4-14)9-15(16,17)18)25-7-10(22-13(27)21-2)11(23-25)12(19)26;1-19-7-12(22-6-9(17)10(20-22)11(18)23)2-4-21(5-3-12)8-13(14,15)16;1-14-7-11(2-4-15-5-3-11)17-6-8(12)9(16-17)10(13)18;1-2-3(4)5;4-2(5,6)1-12-13(10,11)3(7,8)9/h9H,5-8,10,17H2,1-3H3,(H2,18,23);7H,3-6,8-9H2,2H3,(H2,19,26)(H2,21,22,27);6H,2-5,7-8,17H2,(H2,18,23);6,15H,2-5,7,12H2,(H2,13,18);2H2,1H3;1H2. The summed E-state index contributed by atoms with van der Waals surface area (Å²) in [4.78, 5) is 96.8. The zero-order chi connectivity index (χ0) is 84.7. The number of nitrogens with zero attached hydrogens (tertiary/aromatic N) is 15. The van der Waals surface area contributed by atoms with Crippen molar-refractivity contribution in [3.8, 4) is 0 Å². The van der Waals surface area contributed by atoms with Gasteiger partial charge in [0.15, 0.2) is 29.4 Å². The van der Waals surface area contributed by atoms with Gasteiger partial charge in [-0.1, -0.05) is 6.92 Å². The molecule has 4 aliphatic rings. The number of carbonyl (C=O) groups is 7. The molecule has 17 N–H and O–H groups in total. The Morgan fingerprint density at radius 1 is 0.541 bits per heavy atom. The second kappa shape index (κ2) is 39.4. The molecule has 616 valence electrons. The number of hydrogen-bond donors (Lipinski definition) is 10. The maximum atomic E-state index is 12.6. The van der Waals surface area contributed by atoms with E-state index in [0.717, 1.165) is 25.9 Å². The van der Waals surface area contributed by atoms with Crippen molar-refractivity contribution in [2.75, 3.05) is 128 Å². The predicted octanol–water partition coefficient (Wildman–Crippen LogP) is 5.19. The molecule has 0 spiro atoms. The minimum absolute atomic E-state index is 0.000993. The van der Waals surface area contributed by atoms with E-state index in [1.54, 1.807) is 27.4 Å². The number of aromatic nitrogens is 8. The zero-order valence-corrected chi connectivity index (χ0v) is 61.9. The van der Waals surface area contributed by atoms with Gasteiger partial charge in [0.2, 0.25) is 31.4 Å². The second-order valence-electron chi connectivity index (χ2n) is 26.3.